The third-order valence-corrected chi connectivity index (χ3v) is 6.88. The highest BCUT2D eigenvalue weighted by Gasteiger charge is 2.35. The summed E-state index contributed by atoms with van der Waals surface area (Å²) in [4.78, 5) is 36.4. The maximum atomic E-state index is 13.3. The van der Waals surface area contributed by atoms with Crippen LogP contribution in [0.15, 0.2) is 61.1 Å². The zero-order chi connectivity index (χ0) is 26.9. The summed E-state index contributed by atoms with van der Waals surface area (Å²) in [5, 5.41) is 9.62. The minimum absolute atomic E-state index is 0.268. The Bertz CT molecular complexity index is 1420. The Morgan fingerprint density at radius 2 is 2.03 bits per heavy atom. The number of carbonyl (C=O) groups is 2. The van der Waals surface area contributed by atoms with Crippen molar-refractivity contribution in [3.8, 4) is 0 Å². The number of nitrogens with one attached hydrogen (secondary N) is 3. The molecule has 5 rings (SSSR count). The molecular formula is C29H32N6O3. The van der Waals surface area contributed by atoms with Crippen LogP contribution in [0.4, 0.5) is 22.1 Å². The Balaban J connectivity index is 1.32. The van der Waals surface area contributed by atoms with Crippen LogP contribution in [0.5, 0.6) is 0 Å². The number of pyridine rings is 2. The van der Waals surface area contributed by atoms with E-state index in [0.717, 1.165) is 35.5 Å². The summed E-state index contributed by atoms with van der Waals surface area (Å²) in [6, 6.07) is 11.3. The molecule has 2 amide bonds. The van der Waals surface area contributed by atoms with Gasteiger partial charge in [-0.15, -0.1) is 0 Å². The molecule has 0 saturated heterocycles. The van der Waals surface area contributed by atoms with Crippen LogP contribution >= 0.6 is 0 Å². The van der Waals surface area contributed by atoms with Gasteiger partial charge in [-0.3, -0.25) is 4.79 Å². The van der Waals surface area contributed by atoms with Crippen LogP contribution in [0.2, 0.25) is 0 Å². The number of allylic oxidation sites excluding steroid dienone is 1. The summed E-state index contributed by atoms with van der Waals surface area (Å²) in [5.41, 5.74) is 5.24. The van der Waals surface area contributed by atoms with Crippen molar-refractivity contribution in [2.24, 2.45) is 0 Å². The molecule has 1 aromatic carbocycles. The van der Waals surface area contributed by atoms with Crippen LogP contribution in [0.1, 0.15) is 53.4 Å². The number of carbonyl (C=O) groups excluding carboxylic acids is 2. The Labute approximate surface area is 222 Å². The minimum atomic E-state index is -0.424. The van der Waals surface area contributed by atoms with Gasteiger partial charge in [-0.2, -0.15) is 0 Å². The zero-order valence-corrected chi connectivity index (χ0v) is 21.9. The third-order valence-electron chi connectivity index (χ3n) is 6.88. The molecular weight excluding hydrogens is 480 g/mol. The summed E-state index contributed by atoms with van der Waals surface area (Å²) < 4.78 is 5.25. The molecule has 3 N–H and O–H groups in total. The number of hydrogen-bond donors (Lipinski definition) is 3. The quantitative estimate of drug-likeness (QED) is 0.396. The molecule has 4 heterocycles. The van der Waals surface area contributed by atoms with Crippen molar-refractivity contribution in [3.05, 3.63) is 88.9 Å². The van der Waals surface area contributed by atoms with Crippen molar-refractivity contribution in [2.75, 3.05) is 29.0 Å². The van der Waals surface area contributed by atoms with E-state index in [0.29, 0.717) is 42.5 Å². The molecule has 2 aliphatic heterocycles. The summed E-state index contributed by atoms with van der Waals surface area (Å²) in [5.74, 6) is 1.51. The second kappa shape index (κ2) is 10.2. The summed E-state index contributed by atoms with van der Waals surface area (Å²) in [6.07, 6.45) is 3.95. The average Bonchev–Trinajstić information content (AvgIpc) is 3.36. The zero-order valence-electron chi connectivity index (χ0n) is 21.9. The highest BCUT2D eigenvalue weighted by atomic mass is 16.6. The molecule has 3 aromatic rings. The highest BCUT2D eigenvalue weighted by molar-refractivity contribution is 6.07. The van der Waals surface area contributed by atoms with Gasteiger partial charge in [0.25, 0.3) is 5.91 Å². The van der Waals surface area contributed by atoms with E-state index < -0.39 is 6.09 Å². The predicted octanol–water partition coefficient (Wildman–Crippen LogP) is 5.07. The number of ether oxygens (including phenoxy) is 1. The number of amides is 2. The van der Waals surface area contributed by atoms with E-state index in [1.54, 1.807) is 36.4 Å². The first kappa shape index (κ1) is 25.3. The normalized spacial score (nSPS) is 15.1. The van der Waals surface area contributed by atoms with E-state index in [1.807, 2.05) is 24.3 Å². The van der Waals surface area contributed by atoms with Gasteiger partial charge in [-0.05, 0) is 60.4 Å². The van der Waals surface area contributed by atoms with Gasteiger partial charge in [0.15, 0.2) is 0 Å². The number of aromatic nitrogens is 2. The van der Waals surface area contributed by atoms with Crippen molar-refractivity contribution in [2.45, 2.75) is 45.7 Å². The van der Waals surface area contributed by atoms with Gasteiger partial charge in [-0.1, -0.05) is 26.5 Å². The lowest BCUT2D eigenvalue weighted by Crippen LogP contribution is -2.45. The van der Waals surface area contributed by atoms with Crippen molar-refractivity contribution in [3.63, 3.8) is 0 Å². The topological polar surface area (TPSA) is 108 Å². The first-order chi connectivity index (χ1) is 18.2. The number of anilines is 3. The summed E-state index contributed by atoms with van der Waals surface area (Å²) in [6.45, 7) is 11.8. The fraction of sp³-hybridized carbons (Fsp3) is 0.310. The van der Waals surface area contributed by atoms with Crippen LogP contribution in [0.25, 0.3) is 0 Å². The summed E-state index contributed by atoms with van der Waals surface area (Å²) in [7, 11) is 0. The van der Waals surface area contributed by atoms with Gasteiger partial charge in [0, 0.05) is 55.2 Å². The van der Waals surface area contributed by atoms with E-state index in [4.69, 9.17) is 4.74 Å². The molecule has 38 heavy (non-hydrogen) atoms. The second-order valence-electron chi connectivity index (χ2n) is 10.4. The Kier molecular flexibility index (Phi) is 6.75. The number of nitrogens with zero attached hydrogens (tertiary/aromatic N) is 3. The van der Waals surface area contributed by atoms with Crippen LogP contribution in [0, 0.1) is 0 Å². The molecule has 0 aliphatic carbocycles. The number of rotatable bonds is 6. The lowest BCUT2D eigenvalue weighted by molar-refractivity contribution is 0.102. The highest BCUT2D eigenvalue weighted by Crippen LogP contribution is 2.35. The molecule has 0 atom stereocenters. The standard InChI is InChI=1S/C29H32N6O3/c1-18(2)38-28(37)35-16-20-14-21(7-8-24(20)29(3,4)17-35)34-27(36)23-6-5-11-30-26(23)33-15-19-9-12-31-25-22(19)10-13-32-25/h5-9,11-12,14H,1,10,13,15-17H2,2-4H3,(H,30,33)(H,31,32)(H,34,36). The minimum Gasteiger partial charge on any atom is -0.416 e. The van der Waals surface area contributed by atoms with E-state index in [-0.39, 0.29) is 11.3 Å². The van der Waals surface area contributed by atoms with Gasteiger partial charge in [0.2, 0.25) is 0 Å². The molecule has 0 radical (unpaired) electrons. The first-order valence-electron chi connectivity index (χ1n) is 12.7. The third kappa shape index (κ3) is 5.18. The Morgan fingerprint density at radius 1 is 1.18 bits per heavy atom. The van der Waals surface area contributed by atoms with Crippen LogP contribution in [-0.4, -0.2) is 40.0 Å². The second-order valence-corrected chi connectivity index (χ2v) is 10.4. The molecule has 0 bridgehead atoms. The molecule has 2 aliphatic rings. The maximum absolute atomic E-state index is 13.3. The predicted molar refractivity (Wildman–Crippen MR) is 147 cm³/mol. The van der Waals surface area contributed by atoms with Crippen molar-refractivity contribution >= 4 is 29.3 Å². The average molecular weight is 513 g/mol. The van der Waals surface area contributed by atoms with Gasteiger partial charge in [0.05, 0.1) is 11.3 Å². The SMILES string of the molecule is C=C(C)OC(=O)N1Cc2cc(NC(=O)c3cccnc3NCc3ccnc4c3CCN4)ccc2C(C)(C)C1. The van der Waals surface area contributed by atoms with Crippen LogP contribution in [0.3, 0.4) is 0 Å². The van der Waals surface area contributed by atoms with Gasteiger partial charge in [0.1, 0.15) is 11.6 Å². The number of hydrogen-bond acceptors (Lipinski definition) is 7. The molecule has 9 nitrogen and oxygen atoms in total. The largest absolute Gasteiger partial charge is 0.416 e. The molecule has 196 valence electrons. The van der Waals surface area contributed by atoms with E-state index in [2.05, 4.69) is 46.3 Å². The smallest absolute Gasteiger partial charge is 0.415 e. The monoisotopic (exact) mass is 512 g/mol. The van der Waals surface area contributed by atoms with E-state index >= 15 is 0 Å². The molecule has 0 spiro atoms. The van der Waals surface area contributed by atoms with E-state index in [9.17, 15) is 9.59 Å². The fourth-order valence-corrected chi connectivity index (χ4v) is 5.17. The summed E-state index contributed by atoms with van der Waals surface area (Å²) >= 11 is 0. The van der Waals surface area contributed by atoms with Gasteiger partial charge < -0.3 is 25.6 Å². The van der Waals surface area contributed by atoms with Crippen molar-refractivity contribution in [1.29, 1.82) is 0 Å². The van der Waals surface area contributed by atoms with Crippen molar-refractivity contribution in [1.82, 2.24) is 14.9 Å². The molecule has 2 aromatic heterocycles. The molecule has 0 saturated carbocycles. The number of fused-ring (bicyclic) bond motifs is 2. The fourth-order valence-electron chi connectivity index (χ4n) is 5.17. The van der Waals surface area contributed by atoms with Crippen molar-refractivity contribution < 1.29 is 14.3 Å². The molecule has 0 fully saturated rings. The number of benzene rings is 1. The molecule has 9 heteroatoms. The van der Waals surface area contributed by atoms with Gasteiger partial charge in [-0.25, -0.2) is 14.8 Å². The molecule has 0 unspecified atom stereocenters. The first-order valence-corrected chi connectivity index (χ1v) is 12.7. The Morgan fingerprint density at radius 3 is 2.84 bits per heavy atom. The van der Waals surface area contributed by atoms with E-state index in [1.165, 1.54) is 5.56 Å². The van der Waals surface area contributed by atoms with Gasteiger partial charge >= 0.3 is 6.09 Å². The van der Waals surface area contributed by atoms with Crippen LogP contribution < -0.4 is 16.0 Å². The lowest BCUT2D eigenvalue weighted by Gasteiger charge is -2.39. The Hall–Kier alpha value is -4.40. The van der Waals surface area contributed by atoms with Crippen LogP contribution in [-0.2, 0) is 29.7 Å². The maximum Gasteiger partial charge on any atom is 0.415 e. The lowest BCUT2D eigenvalue weighted by atomic mass is 9.78.